The van der Waals surface area contributed by atoms with Crippen LogP contribution in [0.4, 0.5) is 5.13 Å². The Morgan fingerprint density at radius 1 is 1.36 bits per heavy atom. The predicted octanol–water partition coefficient (Wildman–Crippen LogP) is 0.754. The van der Waals surface area contributed by atoms with Gasteiger partial charge in [-0.3, -0.25) is 14.5 Å². The molecule has 15 heteroatoms. The quantitative estimate of drug-likeness (QED) is 0.262. The molecule has 0 unspecified atom stereocenters. The second kappa shape index (κ2) is 9.36. The number of aromatic nitrogens is 2. The molecule has 1 saturated heterocycles. The van der Waals surface area contributed by atoms with Crippen LogP contribution in [0, 0.1) is 6.92 Å². The van der Waals surface area contributed by atoms with Gasteiger partial charge in [-0.2, -0.15) is 0 Å². The molecule has 2 aromatic rings. The molecule has 2 aliphatic heterocycles. The number of aryl methyl sites for hydroxylation is 1. The SMILES string of the molecule is CO/N=C(\C(=O)N[C@@H]1C(=O)N2C(C(=O)O)=C(OCc3nc(C)cs3)CS[C@@H]12)c1csc(N)n1. The molecule has 0 aromatic carbocycles. The summed E-state index contributed by atoms with van der Waals surface area (Å²) in [7, 11) is 1.27. The number of nitrogens with two attached hydrogens (primary N) is 1. The molecule has 0 bridgehead atoms. The molecule has 1 fully saturated rings. The van der Waals surface area contributed by atoms with Crippen molar-refractivity contribution >= 4 is 63.1 Å². The van der Waals surface area contributed by atoms with Crippen molar-refractivity contribution in [2.75, 3.05) is 18.6 Å². The number of fused-ring (bicyclic) bond motifs is 1. The van der Waals surface area contributed by atoms with Gasteiger partial charge in [-0.05, 0) is 6.92 Å². The van der Waals surface area contributed by atoms with Crippen LogP contribution in [0.3, 0.4) is 0 Å². The van der Waals surface area contributed by atoms with E-state index in [4.69, 9.17) is 15.3 Å². The van der Waals surface area contributed by atoms with Crippen molar-refractivity contribution in [1.29, 1.82) is 0 Å². The van der Waals surface area contributed by atoms with E-state index in [1.165, 1.54) is 35.6 Å². The zero-order chi connectivity index (χ0) is 23.7. The topological polar surface area (TPSA) is 169 Å². The van der Waals surface area contributed by atoms with E-state index in [-0.39, 0.29) is 40.4 Å². The zero-order valence-corrected chi connectivity index (χ0v) is 19.8. The van der Waals surface area contributed by atoms with Crippen molar-refractivity contribution in [2.24, 2.45) is 5.16 Å². The summed E-state index contributed by atoms with van der Waals surface area (Å²) in [5, 5.41) is 19.8. The number of anilines is 1. The molecule has 33 heavy (non-hydrogen) atoms. The van der Waals surface area contributed by atoms with Gasteiger partial charge in [0.15, 0.2) is 16.5 Å². The average molecular weight is 511 g/mol. The van der Waals surface area contributed by atoms with Gasteiger partial charge >= 0.3 is 5.97 Å². The third-order valence-electron chi connectivity index (χ3n) is 4.62. The molecule has 0 spiro atoms. The van der Waals surface area contributed by atoms with E-state index in [0.717, 1.165) is 21.9 Å². The summed E-state index contributed by atoms with van der Waals surface area (Å²) in [6, 6.07) is -0.946. The summed E-state index contributed by atoms with van der Waals surface area (Å²) in [6.45, 7) is 1.95. The Labute approximate surface area is 199 Å². The molecule has 2 atom stereocenters. The van der Waals surface area contributed by atoms with Crippen LogP contribution in [-0.2, 0) is 30.6 Å². The first-order chi connectivity index (χ1) is 15.8. The molecule has 2 aromatic heterocycles. The first kappa shape index (κ1) is 23.0. The Hall–Kier alpha value is -3.17. The molecule has 4 heterocycles. The van der Waals surface area contributed by atoms with Crippen LogP contribution in [0.1, 0.15) is 16.4 Å². The molecule has 0 radical (unpaired) electrons. The molecule has 4 rings (SSSR count). The highest BCUT2D eigenvalue weighted by atomic mass is 32.2. The molecule has 2 aliphatic rings. The number of carbonyl (C=O) groups is 3. The Balaban J connectivity index is 1.49. The van der Waals surface area contributed by atoms with Gasteiger partial charge in [-0.25, -0.2) is 14.8 Å². The highest BCUT2D eigenvalue weighted by molar-refractivity contribution is 8.00. The number of rotatable bonds is 8. The largest absolute Gasteiger partial charge is 0.487 e. The second-order valence-corrected chi connectivity index (χ2v) is 9.74. The maximum absolute atomic E-state index is 12.8. The van der Waals surface area contributed by atoms with Crippen molar-refractivity contribution in [3.8, 4) is 0 Å². The molecule has 0 aliphatic carbocycles. The number of aliphatic carboxylic acids is 1. The Bertz CT molecular complexity index is 1170. The van der Waals surface area contributed by atoms with Gasteiger partial charge < -0.3 is 25.7 Å². The number of hydrogen-bond donors (Lipinski definition) is 3. The Morgan fingerprint density at radius 3 is 2.76 bits per heavy atom. The van der Waals surface area contributed by atoms with Gasteiger partial charge in [0.2, 0.25) is 0 Å². The van der Waals surface area contributed by atoms with E-state index in [0.29, 0.717) is 5.01 Å². The number of oxime groups is 1. The second-order valence-electron chi connectivity index (χ2n) is 6.80. The number of nitrogens with zero attached hydrogens (tertiary/aromatic N) is 4. The number of carbonyl (C=O) groups excluding carboxylic acids is 2. The standard InChI is InChI=1S/C18H18N6O6S3/c1-7-4-31-10(20-7)3-30-9-6-32-16-12(15(26)24(16)13(9)17(27)28)22-14(25)11(23-29-2)8-5-33-18(19)21-8/h4-5,12,16H,3,6H2,1-2H3,(H2,19,21)(H,22,25)(H,27,28)/b23-11-/t12-,16+/m1/s1. The lowest BCUT2D eigenvalue weighted by molar-refractivity contribution is -0.150. The summed E-state index contributed by atoms with van der Waals surface area (Å²) in [5.74, 6) is -2.16. The minimum Gasteiger partial charge on any atom is -0.487 e. The number of thiazole rings is 2. The highest BCUT2D eigenvalue weighted by Crippen LogP contribution is 2.41. The summed E-state index contributed by atoms with van der Waals surface area (Å²) in [4.78, 5) is 51.7. The Morgan fingerprint density at radius 2 is 2.15 bits per heavy atom. The van der Waals surface area contributed by atoms with E-state index in [1.54, 1.807) is 0 Å². The molecule has 0 saturated carbocycles. The number of β-lactam (4-membered cyclic amide) rings is 1. The third kappa shape index (κ3) is 4.51. The van der Waals surface area contributed by atoms with E-state index in [2.05, 4.69) is 20.4 Å². The van der Waals surface area contributed by atoms with Crippen LogP contribution >= 0.6 is 34.4 Å². The minimum atomic E-state index is -1.29. The smallest absolute Gasteiger partial charge is 0.356 e. The van der Waals surface area contributed by atoms with Gasteiger partial charge in [0.1, 0.15) is 41.6 Å². The fourth-order valence-electron chi connectivity index (χ4n) is 3.22. The van der Waals surface area contributed by atoms with Crippen molar-refractivity contribution in [3.05, 3.63) is 38.6 Å². The van der Waals surface area contributed by atoms with Crippen molar-refractivity contribution in [2.45, 2.75) is 24.9 Å². The van der Waals surface area contributed by atoms with Crippen molar-refractivity contribution in [1.82, 2.24) is 20.2 Å². The third-order valence-corrected chi connectivity index (χ3v) is 7.49. The lowest BCUT2D eigenvalue weighted by Gasteiger charge is -2.48. The van der Waals surface area contributed by atoms with Gasteiger partial charge in [0, 0.05) is 16.5 Å². The number of amides is 2. The van der Waals surface area contributed by atoms with Crippen LogP contribution < -0.4 is 11.1 Å². The van der Waals surface area contributed by atoms with Crippen LogP contribution in [0.5, 0.6) is 0 Å². The van der Waals surface area contributed by atoms with Gasteiger partial charge in [-0.1, -0.05) is 5.16 Å². The predicted molar refractivity (Wildman–Crippen MR) is 121 cm³/mol. The van der Waals surface area contributed by atoms with Crippen LogP contribution in [0.25, 0.3) is 0 Å². The monoisotopic (exact) mass is 510 g/mol. The van der Waals surface area contributed by atoms with Crippen LogP contribution in [0.2, 0.25) is 0 Å². The fraction of sp³-hybridized carbons (Fsp3) is 0.333. The maximum atomic E-state index is 12.8. The number of carboxylic acid groups (broad SMARTS) is 1. The summed E-state index contributed by atoms with van der Waals surface area (Å²) < 4.78 is 5.69. The minimum absolute atomic E-state index is 0.103. The van der Waals surface area contributed by atoms with Gasteiger partial charge in [0.05, 0.1) is 5.75 Å². The summed E-state index contributed by atoms with van der Waals surface area (Å²) >= 11 is 3.81. The molecular formula is C18H18N6O6S3. The summed E-state index contributed by atoms with van der Waals surface area (Å²) in [6.07, 6.45) is 0. The number of hydrogen-bond acceptors (Lipinski definition) is 12. The first-order valence-electron chi connectivity index (χ1n) is 9.38. The molecule has 174 valence electrons. The molecular weight excluding hydrogens is 492 g/mol. The zero-order valence-electron chi connectivity index (χ0n) is 17.3. The number of thioether (sulfide) groups is 1. The highest BCUT2D eigenvalue weighted by Gasteiger charge is 2.55. The number of carboxylic acids is 1. The van der Waals surface area contributed by atoms with Crippen molar-refractivity contribution in [3.63, 3.8) is 0 Å². The van der Waals surface area contributed by atoms with E-state index in [1.807, 2.05) is 12.3 Å². The normalized spacial score (nSPS) is 20.2. The maximum Gasteiger partial charge on any atom is 0.356 e. The molecule has 2 amide bonds. The van der Waals surface area contributed by atoms with Gasteiger partial charge in [-0.15, -0.1) is 34.4 Å². The van der Waals surface area contributed by atoms with Gasteiger partial charge in [0.25, 0.3) is 11.8 Å². The average Bonchev–Trinajstić information content (AvgIpc) is 3.40. The lowest BCUT2D eigenvalue weighted by Crippen LogP contribution is -2.71. The number of nitrogen functional groups attached to an aromatic ring is 1. The van der Waals surface area contributed by atoms with Crippen LogP contribution in [-0.4, -0.2) is 67.7 Å². The lowest BCUT2D eigenvalue weighted by atomic mass is 10.0. The molecule has 4 N–H and O–H groups in total. The number of nitrogens with one attached hydrogen (secondary N) is 1. The Kier molecular flexibility index (Phi) is 6.53. The van der Waals surface area contributed by atoms with E-state index >= 15 is 0 Å². The van der Waals surface area contributed by atoms with E-state index < -0.39 is 29.2 Å². The molecule has 12 nitrogen and oxygen atoms in total. The van der Waals surface area contributed by atoms with Crippen molar-refractivity contribution < 1.29 is 29.1 Å². The first-order valence-corrected chi connectivity index (χ1v) is 12.2. The number of ether oxygens (including phenoxy) is 1. The fourth-order valence-corrected chi connectivity index (χ4v) is 5.73. The summed E-state index contributed by atoms with van der Waals surface area (Å²) in [5.41, 5.74) is 6.29. The van der Waals surface area contributed by atoms with Crippen LogP contribution in [0.15, 0.2) is 27.4 Å². The van der Waals surface area contributed by atoms with E-state index in [9.17, 15) is 19.5 Å².